The van der Waals surface area contributed by atoms with Crippen molar-refractivity contribution in [2.24, 2.45) is 0 Å². The summed E-state index contributed by atoms with van der Waals surface area (Å²) < 4.78 is 10.2. The number of carbonyl (C=O) groups is 1. The van der Waals surface area contributed by atoms with Gasteiger partial charge in [0.2, 0.25) is 0 Å². The SMILES string of the molecule is O=C(OC[C@@H]1CCCO1)c1cc([N+](=O)[O-])cc([N+](=O)[O-])c1. The third-order valence-corrected chi connectivity index (χ3v) is 2.98. The lowest BCUT2D eigenvalue weighted by molar-refractivity contribution is -0.394. The van der Waals surface area contributed by atoms with Crippen LogP contribution in [0.25, 0.3) is 0 Å². The van der Waals surface area contributed by atoms with Crippen molar-refractivity contribution >= 4 is 17.3 Å². The second-order valence-corrected chi connectivity index (χ2v) is 4.49. The van der Waals surface area contributed by atoms with E-state index in [9.17, 15) is 25.0 Å². The zero-order chi connectivity index (χ0) is 15.4. The van der Waals surface area contributed by atoms with Crippen molar-refractivity contribution in [3.05, 3.63) is 44.0 Å². The Bertz CT molecular complexity index is 549. The van der Waals surface area contributed by atoms with Gasteiger partial charge in [-0.1, -0.05) is 0 Å². The summed E-state index contributed by atoms with van der Waals surface area (Å²) in [5.41, 5.74) is -1.30. The van der Waals surface area contributed by atoms with Crippen molar-refractivity contribution in [2.45, 2.75) is 18.9 Å². The molecule has 0 aliphatic carbocycles. The monoisotopic (exact) mass is 296 g/mol. The van der Waals surface area contributed by atoms with E-state index in [1.54, 1.807) is 0 Å². The highest BCUT2D eigenvalue weighted by atomic mass is 16.6. The smallest absolute Gasteiger partial charge is 0.338 e. The van der Waals surface area contributed by atoms with E-state index in [1.165, 1.54) is 0 Å². The number of hydrogen-bond acceptors (Lipinski definition) is 7. The Kier molecular flexibility index (Phi) is 4.43. The van der Waals surface area contributed by atoms with E-state index in [2.05, 4.69) is 0 Å². The molecular weight excluding hydrogens is 284 g/mol. The predicted octanol–water partition coefficient (Wildman–Crippen LogP) is 1.84. The van der Waals surface area contributed by atoms with Gasteiger partial charge in [0.1, 0.15) is 6.61 Å². The molecule has 1 aliphatic rings. The third-order valence-electron chi connectivity index (χ3n) is 2.98. The first-order valence-electron chi connectivity index (χ1n) is 6.20. The van der Waals surface area contributed by atoms with Gasteiger partial charge in [0.15, 0.2) is 0 Å². The van der Waals surface area contributed by atoms with Crippen LogP contribution in [0.4, 0.5) is 11.4 Å². The molecule has 0 spiro atoms. The molecule has 1 atom stereocenters. The van der Waals surface area contributed by atoms with Crippen molar-refractivity contribution < 1.29 is 24.1 Å². The summed E-state index contributed by atoms with van der Waals surface area (Å²) in [5.74, 6) is -0.850. The molecule has 0 aromatic heterocycles. The average Bonchev–Trinajstić information content (AvgIpc) is 2.97. The number of nitrogens with zero attached hydrogens (tertiary/aromatic N) is 2. The van der Waals surface area contributed by atoms with Gasteiger partial charge in [-0.3, -0.25) is 20.2 Å². The molecular formula is C12H12N2O7. The van der Waals surface area contributed by atoms with Crippen molar-refractivity contribution in [1.82, 2.24) is 0 Å². The number of esters is 1. The quantitative estimate of drug-likeness (QED) is 0.461. The van der Waals surface area contributed by atoms with E-state index in [-0.39, 0.29) is 18.3 Å². The predicted molar refractivity (Wildman–Crippen MR) is 69.0 cm³/mol. The van der Waals surface area contributed by atoms with E-state index in [0.717, 1.165) is 31.0 Å². The molecule has 0 unspecified atom stereocenters. The largest absolute Gasteiger partial charge is 0.459 e. The van der Waals surface area contributed by atoms with E-state index >= 15 is 0 Å². The van der Waals surface area contributed by atoms with Crippen molar-refractivity contribution in [2.75, 3.05) is 13.2 Å². The second kappa shape index (κ2) is 6.27. The minimum absolute atomic E-state index is 0.0231. The molecule has 0 bridgehead atoms. The van der Waals surface area contributed by atoms with Gasteiger partial charge in [-0.05, 0) is 12.8 Å². The lowest BCUT2D eigenvalue weighted by atomic mass is 10.2. The molecule has 0 amide bonds. The standard InChI is InChI=1S/C12H12N2O7/c15-12(21-7-11-2-1-3-20-11)8-4-9(13(16)17)6-10(5-8)14(18)19/h4-6,11H,1-3,7H2/t11-/m0/s1. The Balaban J connectivity index is 2.14. The highest BCUT2D eigenvalue weighted by molar-refractivity contribution is 5.91. The highest BCUT2D eigenvalue weighted by Crippen LogP contribution is 2.23. The molecule has 9 nitrogen and oxygen atoms in total. The summed E-state index contributed by atoms with van der Waals surface area (Å²) in [6, 6.07) is 2.69. The van der Waals surface area contributed by atoms with E-state index in [0.29, 0.717) is 6.61 Å². The summed E-state index contributed by atoms with van der Waals surface area (Å²) in [6.07, 6.45) is 1.45. The molecule has 0 N–H and O–H groups in total. The van der Waals surface area contributed by atoms with Crippen molar-refractivity contribution in [3.8, 4) is 0 Å². The highest BCUT2D eigenvalue weighted by Gasteiger charge is 2.22. The normalized spacial score (nSPS) is 17.4. The fourth-order valence-electron chi connectivity index (χ4n) is 1.95. The summed E-state index contributed by atoms with van der Waals surface area (Å²) in [4.78, 5) is 31.7. The maximum Gasteiger partial charge on any atom is 0.338 e. The first-order chi connectivity index (χ1) is 9.97. The Morgan fingerprint density at radius 3 is 2.33 bits per heavy atom. The van der Waals surface area contributed by atoms with Crippen LogP contribution in [0.3, 0.4) is 0 Å². The van der Waals surface area contributed by atoms with E-state index in [1.807, 2.05) is 0 Å². The molecule has 1 fully saturated rings. The lowest BCUT2D eigenvalue weighted by Gasteiger charge is -2.10. The Hall–Kier alpha value is -2.55. The first-order valence-corrected chi connectivity index (χ1v) is 6.20. The van der Waals surface area contributed by atoms with Crippen LogP contribution in [-0.2, 0) is 9.47 Å². The number of benzene rings is 1. The summed E-state index contributed by atoms with van der Waals surface area (Å²) >= 11 is 0. The van der Waals surface area contributed by atoms with Gasteiger partial charge in [-0.25, -0.2) is 4.79 Å². The summed E-state index contributed by atoms with van der Waals surface area (Å²) in [7, 11) is 0. The Labute approximate surface area is 118 Å². The average molecular weight is 296 g/mol. The Morgan fingerprint density at radius 1 is 1.24 bits per heavy atom. The molecule has 1 heterocycles. The maximum absolute atomic E-state index is 11.8. The molecule has 21 heavy (non-hydrogen) atoms. The maximum atomic E-state index is 11.8. The van der Waals surface area contributed by atoms with Gasteiger partial charge in [-0.2, -0.15) is 0 Å². The Morgan fingerprint density at radius 2 is 1.86 bits per heavy atom. The van der Waals surface area contributed by atoms with Crippen LogP contribution in [0.5, 0.6) is 0 Å². The number of hydrogen-bond donors (Lipinski definition) is 0. The fourth-order valence-corrected chi connectivity index (χ4v) is 1.95. The van der Waals surface area contributed by atoms with Crippen LogP contribution in [0, 0.1) is 20.2 Å². The summed E-state index contributed by atoms with van der Waals surface area (Å²) in [6.45, 7) is 0.625. The number of ether oxygens (including phenoxy) is 2. The number of carbonyl (C=O) groups excluding carboxylic acids is 1. The minimum Gasteiger partial charge on any atom is -0.459 e. The number of nitro benzene ring substituents is 2. The van der Waals surface area contributed by atoms with Gasteiger partial charge in [0.25, 0.3) is 11.4 Å². The van der Waals surface area contributed by atoms with Gasteiger partial charge >= 0.3 is 5.97 Å². The number of rotatable bonds is 5. The van der Waals surface area contributed by atoms with Crippen LogP contribution < -0.4 is 0 Å². The van der Waals surface area contributed by atoms with Gasteiger partial charge < -0.3 is 9.47 Å². The molecule has 0 saturated carbocycles. The molecule has 1 aromatic carbocycles. The fraction of sp³-hybridized carbons (Fsp3) is 0.417. The molecule has 1 saturated heterocycles. The van der Waals surface area contributed by atoms with Crippen LogP contribution in [0.2, 0.25) is 0 Å². The van der Waals surface area contributed by atoms with Crippen molar-refractivity contribution in [1.29, 1.82) is 0 Å². The van der Waals surface area contributed by atoms with Gasteiger partial charge in [0, 0.05) is 18.7 Å². The zero-order valence-corrected chi connectivity index (χ0v) is 10.9. The van der Waals surface area contributed by atoms with Crippen LogP contribution >= 0.6 is 0 Å². The second-order valence-electron chi connectivity index (χ2n) is 4.49. The van der Waals surface area contributed by atoms with Gasteiger partial charge in [-0.15, -0.1) is 0 Å². The minimum atomic E-state index is -0.850. The third kappa shape index (κ3) is 3.72. The van der Waals surface area contributed by atoms with Crippen LogP contribution in [-0.4, -0.2) is 35.1 Å². The van der Waals surface area contributed by atoms with Crippen molar-refractivity contribution in [3.63, 3.8) is 0 Å². The topological polar surface area (TPSA) is 122 Å². The first kappa shape index (κ1) is 14.9. The van der Waals surface area contributed by atoms with Crippen LogP contribution in [0.15, 0.2) is 18.2 Å². The zero-order valence-electron chi connectivity index (χ0n) is 10.9. The molecule has 9 heteroatoms. The molecule has 112 valence electrons. The van der Waals surface area contributed by atoms with Gasteiger partial charge in [0.05, 0.1) is 27.6 Å². The van der Waals surface area contributed by atoms with E-state index < -0.39 is 27.2 Å². The molecule has 0 radical (unpaired) electrons. The number of non-ortho nitro benzene ring substituents is 2. The number of nitro groups is 2. The molecule has 1 aliphatic heterocycles. The summed E-state index contributed by atoms with van der Waals surface area (Å²) in [5, 5.41) is 21.5. The lowest BCUT2D eigenvalue weighted by Crippen LogP contribution is -2.18. The van der Waals surface area contributed by atoms with Crippen LogP contribution in [0.1, 0.15) is 23.2 Å². The molecule has 1 aromatic rings. The van der Waals surface area contributed by atoms with E-state index in [4.69, 9.17) is 9.47 Å². The molecule has 2 rings (SSSR count).